The summed E-state index contributed by atoms with van der Waals surface area (Å²) in [5.41, 5.74) is 4.96. The number of hydrogen-bond acceptors (Lipinski definition) is 4. The molecule has 0 unspecified atom stereocenters. The van der Waals surface area contributed by atoms with Crippen LogP contribution >= 0.6 is 0 Å². The van der Waals surface area contributed by atoms with Gasteiger partial charge in [0.2, 0.25) is 5.91 Å². The van der Waals surface area contributed by atoms with Crippen molar-refractivity contribution in [3.63, 3.8) is 0 Å². The molecular formula is C22H30N4O2. The fraction of sp³-hybridized carbons (Fsp3) is 0.545. The number of rotatable bonds is 4. The van der Waals surface area contributed by atoms with E-state index in [4.69, 9.17) is 0 Å². The predicted octanol–water partition coefficient (Wildman–Crippen LogP) is 2.20. The van der Waals surface area contributed by atoms with Crippen molar-refractivity contribution in [3.05, 3.63) is 47.3 Å². The van der Waals surface area contributed by atoms with E-state index in [2.05, 4.69) is 41.3 Å². The number of amides is 1. The molecule has 2 fully saturated rings. The first-order valence-corrected chi connectivity index (χ1v) is 10.2. The van der Waals surface area contributed by atoms with Crippen LogP contribution in [-0.2, 0) is 11.3 Å². The molecule has 1 aliphatic heterocycles. The molecule has 2 aromatic rings. The number of nitrogens with zero attached hydrogens (tertiary/aromatic N) is 3. The Morgan fingerprint density at radius 2 is 2.00 bits per heavy atom. The standard InChI is InChI=1S/C22H30N4O2/c1-14-7-15(2)22(26-6-4-5-23-26)19(8-14)13-25-11-17-9-20(24-16(3)27)21(28)10-18(17)12-25/h4-8,17-18,20-21,28H,9-13H2,1-3H3,(H,24,27)/t17-,18+,20-,21-/m1/s1. The van der Waals surface area contributed by atoms with Gasteiger partial charge < -0.3 is 10.4 Å². The first-order valence-electron chi connectivity index (χ1n) is 10.2. The van der Waals surface area contributed by atoms with Crippen molar-refractivity contribution < 1.29 is 9.90 Å². The van der Waals surface area contributed by atoms with Crippen molar-refractivity contribution >= 4 is 5.91 Å². The average molecular weight is 383 g/mol. The van der Waals surface area contributed by atoms with Crippen LogP contribution in [0.5, 0.6) is 0 Å². The van der Waals surface area contributed by atoms with E-state index in [-0.39, 0.29) is 11.9 Å². The van der Waals surface area contributed by atoms with Gasteiger partial charge in [-0.2, -0.15) is 5.10 Å². The highest BCUT2D eigenvalue weighted by Gasteiger charge is 2.42. The van der Waals surface area contributed by atoms with Gasteiger partial charge in [0.05, 0.1) is 17.8 Å². The van der Waals surface area contributed by atoms with Gasteiger partial charge in [0.15, 0.2) is 0 Å². The van der Waals surface area contributed by atoms with E-state index in [1.54, 1.807) is 0 Å². The van der Waals surface area contributed by atoms with Gasteiger partial charge >= 0.3 is 0 Å². The normalized spacial score (nSPS) is 27.6. The number of aryl methyl sites for hydroxylation is 2. The molecule has 6 heteroatoms. The first kappa shape index (κ1) is 19.2. The van der Waals surface area contributed by atoms with E-state index in [9.17, 15) is 9.90 Å². The largest absolute Gasteiger partial charge is 0.391 e. The van der Waals surface area contributed by atoms with Gasteiger partial charge in [-0.1, -0.05) is 17.7 Å². The molecule has 2 aliphatic rings. The zero-order chi connectivity index (χ0) is 19.8. The molecule has 0 bridgehead atoms. The maximum absolute atomic E-state index is 11.4. The van der Waals surface area contributed by atoms with Crippen molar-refractivity contribution in [2.75, 3.05) is 13.1 Å². The molecule has 1 amide bonds. The van der Waals surface area contributed by atoms with Gasteiger partial charge in [0.25, 0.3) is 0 Å². The Bertz CT molecular complexity index is 848. The van der Waals surface area contributed by atoms with Crippen molar-refractivity contribution in [1.29, 1.82) is 0 Å². The van der Waals surface area contributed by atoms with E-state index in [0.29, 0.717) is 11.8 Å². The number of carbonyl (C=O) groups is 1. The summed E-state index contributed by atoms with van der Waals surface area (Å²) < 4.78 is 1.96. The molecule has 28 heavy (non-hydrogen) atoms. The third-order valence-corrected chi connectivity index (χ3v) is 6.26. The van der Waals surface area contributed by atoms with Gasteiger partial charge in [-0.15, -0.1) is 0 Å². The summed E-state index contributed by atoms with van der Waals surface area (Å²) in [4.78, 5) is 13.9. The molecule has 0 spiro atoms. The zero-order valence-corrected chi connectivity index (χ0v) is 16.9. The molecule has 2 N–H and O–H groups in total. The average Bonchev–Trinajstić information content (AvgIpc) is 3.24. The molecule has 1 saturated heterocycles. The van der Waals surface area contributed by atoms with Crippen LogP contribution < -0.4 is 5.32 Å². The molecule has 1 aliphatic carbocycles. The summed E-state index contributed by atoms with van der Waals surface area (Å²) in [5.74, 6) is 0.967. The van der Waals surface area contributed by atoms with Gasteiger partial charge in [0.1, 0.15) is 0 Å². The van der Waals surface area contributed by atoms with Gasteiger partial charge in [0, 0.05) is 39.0 Å². The summed E-state index contributed by atoms with van der Waals surface area (Å²) in [6.07, 6.45) is 5.01. The van der Waals surface area contributed by atoms with Crippen LogP contribution in [0.15, 0.2) is 30.6 Å². The number of aliphatic hydroxyl groups is 1. The second-order valence-electron chi connectivity index (χ2n) is 8.60. The van der Waals surface area contributed by atoms with Gasteiger partial charge in [-0.25, -0.2) is 4.68 Å². The van der Waals surface area contributed by atoms with Crippen molar-refractivity contribution in [2.45, 2.75) is 52.3 Å². The summed E-state index contributed by atoms with van der Waals surface area (Å²) in [5, 5.41) is 17.8. The molecule has 4 atom stereocenters. The number of fused-ring (bicyclic) bond motifs is 1. The molecule has 1 saturated carbocycles. The lowest BCUT2D eigenvalue weighted by molar-refractivity contribution is -0.121. The maximum atomic E-state index is 11.4. The molecular weight excluding hydrogens is 352 g/mol. The number of benzene rings is 1. The Kier molecular flexibility index (Phi) is 5.25. The third kappa shape index (κ3) is 3.84. The minimum atomic E-state index is -0.439. The lowest BCUT2D eigenvalue weighted by Crippen LogP contribution is -2.48. The van der Waals surface area contributed by atoms with E-state index >= 15 is 0 Å². The quantitative estimate of drug-likeness (QED) is 0.851. The topological polar surface area (TPSA) is 70.4 Å². The molecule has 6 nitrogen and oxygen atoms in total. The smallest absolute Gasteiger partial charge is 0.217 e. The Hall–Kier alpha value is -2.18. The zero-order valence-electron chi connectivity index (χ0n) is 16.9. The summed E-state index contributed by atoms with van der Waals surface area (Å²) in [6, 6.07) is 6.32. The van der Waals surface area contributed by atoms with E-state index in [0.717, 1.165) is 32.5 Å². The summed E-state index contributed by atoms with van der Waals surface area (Å²) in [6.45, 7) is 8.70. The fourth-order valence-electron chi connectivity index (χ4n) is 5.21. The number of likely N-dealkylation sites (tertiary alicyclic amines) is 1. The lowest BCUT2D eigenvalue weighted by Gasteiger charge is -2.35. The van der Waals surface area contributed by atoms with Crippen LogP contribution in [0.4, 0.5) is 0 Å². The van der Waals surface area contributed by atoms with Crippen molar-refractivity contribution in [2.24, 2.45) is 11.8 Å². The Labute approximate surface area is 166 Å². The maximum Gasteiger partial charge on any atom is 0.217 e. The Morgan fingerprint density at radius 3 is 2.68 bits per heavy atom. The third-order valence-electron chi connectivity index (χ3n) is 6.26. The van der Waals surface area contributed by atoms with Crippen LogP contribution in [0.2, 0.25) is 0 Å². The van der Waals surface area contributed by atoms with E-state index < -0.39 is 6.10 Å². The van der Waals surface area contributed by atoms with Crippen LogP contribution in [0, 0.1) is 25.7 Å². The lowest BCUT2D eigenvalue weighted by atomic mass is 9.77. The highest BCUT2D eigenvalue weighted by atomic mass is 16.3. The predicted molar refractivity (Wildman–Crippen MR) is 108 cm³/mol. The molecule has 150 valence electrons. The first-order chi connectivity index (χ1) is 13.4. The van der Waals surface area contributed by atoms with Crippen LogP contribution in [-0.4, -0.2) is 50.9 Å². The van der Waals surface area contributed by atoms with E-state index in [1.165, 1.54) is 29.3 Å². The van der Waals surface area contributed by atoms with Gasteiger partial charge in [-0.05, 0) is 55.7 Å². The van der Waals surface area contributed by atoms with Crippen LogP contribution in [0.3, 0.4) is 0 Å². The highest BCUT2D eigenvalue weighted by Crippen LogP contribution is 2.37. The number of aromatic nitrogens is 2. The molecule has 0 radical (unpaired) electrons. The molecule has 1 aromatic heterocycles. The summed E-state index contributed by atoms with van der Waals surface area (Å²) >= 11 is 0. The minimum absolute atomic E-state index is 0.0588. The fourth-order valence-corrected chi connectivity index (χ4v) is 5.21. The van der Waals surface area contributed by atoms with Crippen LogP contribution in [0.1, 0.15) is 36.5 Å². The van der Waals surface area contributed by atoms with Crippen molar-refractivity contribution in [3.8, 4) is 5.69 Å². The Balaban J connectivity index is 1.52. The number of nitrogens with one attached hydrogen (secondary N) is 1. The van der Waals surface area contributed by atoms with Crippen molar-refractivity contribution in [1.82, 2.24) is 20.0 Å². The SMILES string of the molecule is CC(=O)N[C@@H]1C[C@@H]2CN(Cc3cc(C)cc(C)c3-n3cccn3)C[C@@H]2C[C@H]1O. The van der Waals surface area contributed by atoms with E-state index in [1.807, 2.05) is 23.1 Å². The molecule has 1 aromatic carbocycles. The monoisotopic (exact) mass is 382 g/mol. The highest BCUT2D eigenvalue weighted by molar-refractivity contribution is 5.73. The number of aliphatic hydroxyl groups excluding tert-OH is 1. The van der Waals surface area contributed by atoms with Crippen LogP contribution in [0.25, 0.3) is 5.69 Å². The minimum Gasteiger partial charge on any atom is -0.391 e. The number of hydrogen-bond donors (Lipinski definition) is 2. The Morgan fingerprint density at radius 1 is 1.25 bits per heavy atom. The molecule has 2 heterocycles. The molecule has 4 rings (SSSR count). The second-order valence-corrected chi connectivity index (χ2v) is 8.60. The van der Waals surface area contributed by atoms with Gasteiger partial charge in [-0.3, -0.25) is 9.69 Å². The summed E-state index contributed by atoms with van der Waals surface area (Å²) in [7, 11) is 0. The second kappa shape index (κ2) is 7.68. The number of carbonyl (C=O) groups excluding carboxylic acids is 1.